The molecule has 0 heteroatoms. The molecule has 0 heterocycles. The third kappa shape index (κ3) is 10.6. The smallest absolute Gasteiger partial charge is 0.0351 e. The Morgan fingerprint density at radius 3 is 1.18 bits per heavy atom. The van der Waals surface area contributed by atoms with Crippen LogP contribution >= 0.6 is 0 Å². The van der Waals surface area contributed by atoms with Crippen molar-refractivity contribution in [2.75, 3.05) is 0 Å². The summed E-state index contributed by atoms with van der Waals surface area (Å²) in [6.07, 6.45) is 27.0. The third-order valence-electron chi connectivity index (χ3n) is 3.72. The first-order valence-corrected chi connectivity index (χ1v) is 7.97. The molecule has 1 rings (SSSR count). The van der Waals surface area contributed by atoms with E-state index < -0.39 is 0 Å². The summed E-state index contributed by atoms with van der Waals surface area (Å²) in [6, 6.07) is 0. The van der Waals surface area contributed by atoms with Crippen LogP contribution < -0.4 is 0 Å². The second-order valence-electron chi connectivity index (χ2n) is 5.45. The normalized spacial score (nSPS) is 23.1. The second-order valence-corrected chi connectivity index (χ2v) is 5.45. The average molecular weight is 235 g/mol. The number of allylic oxidation sites excluding steroid dienone is 2. The minimum absolute atomic E-state index is 1.31. The third-order valence-corrected chi connectivity index (χ3v) is 3.72. The largest absolute Gasteiger partial charge is 0.0885 e. The molecule has 99 valence electrons. The average Bonchev–Trinajstić information content (AvgIpc) is 2.35. The molecule has 0 aliphatic heterocycles. The van der Waals surface area contributed by atoms with Gasteiger partial charge in [0.05, 0.1) is 0 Å². The lowest BCUT2D eigenvalue weighted by atomic mass is 10.0. The molecule has 0 spiro atoms. The lowest BCUT2D eigenvalue weighted by Gasteiger charge is -2.02. The monoisotopic (exact) mass is 235 g/mol. The molecule has 0 saturated carbocycles. The highest BCUT2D eigenvalue weighted by molar-refractivity contribution is 4.81. The molecular weight excluding hydrogens is 204 g/mol. The van der Waals surface area contributed by atoms with Crippen molar-refractivity contribution in [2.45, 2.75) is 89.9 Å². The van der Waals surface area contributed by atoms with Crippen molar-refractivity contribution in [2.24, 2.45) is 0 Å². The SMILES string of the molecule is [CH]1CCCCCCCC=CCCCCCCC1. The van der Waals surface area contributed by atoms with Gasteiger partial charge in [-0.2, -0.15) is 0 Å². The van der Waals surface area contributed by atoms with Crippen LogP contribution in [0.5, 0.6) is 0 Å². The van der Waals surface area contributed by atoms with Crippen LogP contribution in [-0.2, 0) is 0 Å². The van der Waals surface area contributed by atoms with Gasteiger partial charge >= 0.3 is 0 Å². The van der Waals surface area contributed by atoms with Gasteiger partial charge in [0.2, 0.25) is 0 Å². The van der Waals surface area contributed by atoms with E-state index >= 15 is 0 Å². The first-order valence-electron chi connectivity index (χ1n) is 7.97. The van der Waals surface area contributed by atoms with Gasteiger partial charge in [-0.05, 0) is 32.1 Å². The molecule has 1 aliphatic rings. The second kappa shape index (κ2) is 12.2. The molecule has 0 atom stereocenters. The Kier molecular flexibility index (Phi) is 10.6. The summed E-state index contributed by atoms with van der Waals surface area (Å²) in [4.78, 5) is 0. The van der Waals surface area contributed by atoms with Crippen molar-refractivity contribution in [3.05, 3.63) is 18.6 Å². The van der Waals surface area contributed by atoms with E-state index in [-0.39, 0.29) is 0 Å². The molecule has 0 amide bonds. The Morgan fingerprint density at radius 1 is 0.353 bits per heavy atom. The van der Waals surface area contributed by atoms with Crippen molar-refractivity contribution in [3.63, 3.8) is 0 Å². The molecule has 0 aromatic rings. The van der Waals surface area contributed by atoms with Gasteiger partial charge < -0.3 is 0 Å². The van der Waals surface area contributed by atoms with E-state index in [1.807, 2.05) is 0 Å². The molecular formula is C17H31. The molecule has 0 unspecified atom stereocenters. The summed E-state index contributed by atoms with van der Waals surface area (Å²) < 4.78 is 0. The number of rotatable bonds is 0. The van der Waals surface area contributed by atoms with Gasteiger partial charge in [-0.3, -0.25) is 0 Å². The van der Waals surface area contributed by atoms with Gasteiger partial charge in [-0.15, -0.1) is 0 Å². The topological polar surface area (TPSA) is 0 Å². The number of hydrogen-bond donors (Lipinski definition) is 0. The van der Waals surface area contributed by atoms with E-state index in [0.29, 0.717) is 0 Å². The fourth-order valence-corrected chi connectivity index (χ4v) is 2.54. The summed E-state index contributed by atoms with van der Waals surface area (Å²) in [5, 5.41) is 0. The molecule has 1 radical (unpaired) electrons. The predicted molar refractivity (Wildman–Crippen MR) is 78.1 cm³/mol. The Bertz CT molecular complexity index is 151. The first-order chi connectivity index (χ1) is 8.50. The Morgan fingerprint density at radius 2 is 0.706 bits per heavy atom. The van der Waals surface area contributed by atoms with E-state index in [4.69, 9.17) is 0 Å². The summed E-state index contributed by atoms with van der Waals surface area (Å²) >= 11 is 0. The van der Waals surface area contributed by atoms with Crippen LogP contribution in [0.15, 0.2) is 12.2 Å². The van der Waals surface area contributed by atoms with Crippen LogP contribution in [0.1, 0.15) is 89.9 Å². The molecule has 0 saturated heterocycles. The van der Waals surface area contributed by atoms with E-state index in [2.05, 4.69) is 18.6 Å². The maximum Gasteiger partial charge on any atom is -0.0351 e. The van der Waals surface area contributed by atoms with Crippen molar-refractivity contribution < 1.29 is 0 Å². The van der Waals surface area contributed by atoms with Gasteiger partial charge in [0.15, 0.2) is 0 Å². The van der Waals surface area contributed by atoms with Crippen molar-refractivity contribution in [3.8, 4) is 0 Å². The highest BCUT2D eigenvalue weighted by atomic mass is 14.0. The van der Waals surface area contributed by atoms with E-state index in [0.717, 1.165) is 0 Å². The van der Waals surface area contributed by atoms with Crippen LogP contribution in [0.25, 0.3) is 0 Å². The molecule has 0 aromatic carbocycles. The zero-order valence-corrected chi connectivity index (χ0v) is 11.6. The van der Waals surface area contributed by atoms with Gasteiger partial charge in [0.25, 0.3) is 0 Å². The van der Waals surface area contributed by atoms with Crippen LogP contribution in [0, 0.1) is 6.42 Å². The lowest BCUT2D eigenvalue weighted by molar-refractivity contribution is 0.591. The maximum atomic E-state index is 2.53. The van der Waals surface area contributed by atoms with Gasteiger partial charge in [-0.25, -0.2) is 0 Å². The summed E-state index contributed by atoms with van der Waals surface area (Å²) in [5.74, 6) is 0. The van der Waals surface area contributed by atoms with Gasteiger partial charge in [0, 0.05) is 0 Å². The standard InChI is InChI=1S/C17H31/c1-2-4-6-8-10-12-14-16-17-15-13-11-9-7-5-3-1/h1-2,17H,3-16H2. The minimum atomic E-state index is 1.31. The van der Waals surface area contributed by atoms with E-state index in [1.54, 1.807) is 0 Å². The summed E-state index contributed by atoms with van der Waals surface area (Å²) in [5.41, 5.74) is 0. The molecule has 0 nitrogen and oxygen atoms in total. The fourth-order valence-electron chi connectivity index (χ4n) is 2.54. The Balaban J connectivity index is 2.07. The molecule has 0 bridgehead atoms. The molecule has 17 heavy (non-hydrogen) atoms. The zero-order valence-electron chi connectivity index (χ0n) is 11.6. The Labute approximate surface area is 109 Å². The predicted octanol–water partition coefficient (Wildman–Crippen LogP) is 6.22. The molecule has 0 aromatic heterocycles. The van der Waals surface area contributed by atoms with Gasteiger partial charge in [-0.1, -0.05) is 76.4 Å². The fraction of sp³-hybridized carbons (Fsp3) is 0.824. The van der Waals surface area contributed by atoms with Crippen molar-refractivity contribution in [1.82, 2.24) is 0 Å². The van der Waals surface area contributed by atoms with E-state index in [1.165, 1.54) is 89.9 Å². The van der Waals surface area contributed by atoms with Crippen LogP contribution in [0.3, 0.4) is 0 Å². The lowest BCUT2D eigenvalue weighted by Crippen LogP contribution is -1.83. The zero-order chi connectivity index (χ0) is 12.0. The van der Waals surface area contributed by atoms with Crippen LogP contribution in [0.2, 0.25) is 0 Å². The van der Waals surface area contributed by atoms with Crippen molar-refractivity contribution in [1.29, 1.82) is 0 Å². The molecule has 1 aliphatic carbocycles. The van der Waals surface area contributed by atoms with Crippen molar-refractivity contribution >= 4 is 0 Å². The molecule has 0 fully saturated rings. The van der Waals surface area contributed by atoms with Crippen LogP contribution in [0.4, 0.5) is 0 Å². The highest BCUT2D eigenvalue weighted by Crippen LogP contribution is 2.13. The summed E-state index contributed by atoms with van der Waals surface area (Å²) in [7, 11) is 0. The maximum absolute atomic E-state index is 2.53. The van der Waals surface area contributed by atoms with Gasteiger partial charge in [0.1, 0.15) is 0 Å². The molecule has 0 N–H and O–H groups in total. The quantitative estimate of drug-likeness (QED) is 0.437. The Hall–Kier alpha value is -0.260. The first kappa shape index (κ1) is 14.8. The summed E-state index contributed by atoms with van der Waals surface area (Å²) in [6.45, 7) is 0. The van der Waals surface area contributed by atoms with Crippen LogP contribution in [-0.4, -0.2) is 0 Å². The van der Waals surface area contributed by atoms with E-state index in [9.17, 15) is 0 Å². The number of hydrogen-bond acceptors (Lipinski definition) is 0. The minimum Gasteiger partial charge on any atom is -0.0885 e. The highest BCUT2D eigenvalue weighted by Gasteiger charge is 1.94.